The van der Waals surface area contributed by atoms with Crippen LogP contribution in [0.4, 0.5) is 0 Å². The van der Waals surface area contributed by atoms with Crippen LogP contribution in [0.25, 0.3) is 0 Å². The number of nitrogens with zero attached hydrogens (tertiary/aromatic N) is 5. The molecule has 5 rings (SSSR count). The van der Waals surface area contributed by atoms with Crippen molar-refractivity contribution in [1.29, 1.82) is 0 Å². The predicted molar refractivity (Wildman–Crippen MR) is 122 cm³/mol. The highest BCUT2D eigenvalue weighted by atomic mass is 16.5. The molecule has 0 unspecified atom stereocenters. The third-order valence-corrected chi connectivity index (χ3v) is 7.85. The number of benzene rings is 1. The minimum atomic E-state index is 0.406. The van der Waals surface area contributed by atoms with Gasteiger partial charge in [-0.1, -0.05) is 18.6 Å². The molecule has 4 atom stereocenters. The molecule has 31 heavy (non-hydrogen) atoms. The number of fused-ring (bicyclic) bond motifs is 4. The van der Waals surface area contributed by atoms with Gasteiger partial charge in [0.2, 0.25) is 0 Å². The SMILES string of the molecule is COc1cccc(C[C@H]2[C@H]3C[C@H](CN(Cc4nncn4C(C)C)C3)[C@@H]3CCCCN32)c1. The Labute approximate surface area is 186 Å². The van der Waals surface area contributed by atoms with Crippen molar-refractivity contribution in [1.82, 2.24) is 24.6 Å². The second kappa shape index (κ2) is 8.91. The monoisotopic (exact) mass is 423 g/mol. The zero-order valence-corrected chi connectivity index (χ0v) is 19.3. The highest BCUT2D eigenvalue weighted by Gasteiger charge is 2.47. The largest absolute Gasteiger partial charge is 0.497 e. The van der Waals surface area contributed by atoms with Crippen molar-refractivity contribution in [3.63, 3.8) is 0 Å². The maximum Gasteiger partial charge on any atom is 0.147 e. The van der Waals surface area contributed by atoms with Crippen molar-refractivity contribution in [2.24, 2.45) is 11.8 Å². The van der Waals surface area contributed by atoms with E-state index < -0.39 is 0 Å². The lowest BCUT2D eigenvalue weighted by Gasteiger charge is -2.57. The van der Waals surface area contributed by atoms with Gasteiger partial charge in [-0.05, 0) is 75.6 Å². The number of likely N-dealkylation sites (tertiary alicyclic amines) is 1. The van der Waals surface area contributed by atoms with Crippen LogP contribution in [0.5, 0.6) is 5.75 Å². The van der Waals surface area contributed by atoms with Crippen LogP contribution in [0, 0.1) is 11.8 Å². The smallest absolute Gasteiger partial charge is 0.147 e. The van der Waals surface area contributed by atoms with Crippen LogP contribution in [0.2, 0.25) is 0 Å². The lowest BCUT2D eigenvalue weighted by Crippen LogP contribution is -2.63. The Bertz CT molecular complexity index is 880. The number of hydrogen-bond donors (Lipinski definition) is 0. The second-order valence-corrected chi connectivity index (χ2v) is 10.1. The summed E-state index contributed by atoms with van der Waals surface area (Å²) in [6, 6.07) is 10.5. The third kappa shape index (κ3) is 4.24. The first-order valence-electron chi connectivity index (χ1n) is 12.1. The summed E-state index contributed by atoms with van der Waals surface area (Å²) >= 11 is 0. The Hall–Kier alpha value is -1.92. The summed E-state index contributed by atoms with van der Waals surface area (Å²) in [5.41, 5.74) is 1.41. The van der Waals surface area contributed by atoms with Crippen molar-refractivity contribution in [2.75, 3.05) is 26.7 Å². The van der Waals surface area contributed by atoms with Crippen LogP contribution in [0.3, 0.4) is 0 Å². The molecule has 3 aliphatic rings. The van der Waals surface area contributed by atoms with Crippen LogP contribution in [0.1, 0.15) is 57.0 Å². The maximum atomic E-state index is 5.50. The van der Waals surface area contributed by atoms with Gasteiger partial charge in [-0.2, -0.15) is 0 Å². The van der Waals surface area contributed by atoms with Crippen molar-refractivity contribution in [2.45, 2.75) is 70.6 Å². The normalized spacial score (nSPS) is 29.2. The fourth-order valence-electron chi connectivity index (χ4n) is 6.47. The summed E-state index contributed by atoms with van der Waals surface area (Å²) in [5.74, 6) is 3.59. The van der Waals surface area contributed by atoms with Gasteiger partial charge in [-0.3, -0.25) is 9.80 Å². The topological polar surface area (TPSA) is 46.4 Å². The van der Waals surface area contributed by atoms with Crippen LogP contribution >= 0.6 is 0 Å². The molecule has 0 N–H and O–H groups in total. The lowest BCUT2D eigenvalue weighted by molar-refractivity contribution is -0.0735. The molecule has 1 aromatic carbocycles. The van der Waals surface area contributed by atoms with E-state index in [-0.39, 0.29) is 0 Å². The average molecular weight is 424 g/mol. The molecular weight excluding hydrogens is 386 g/mol. The molecule has 6 heteroatoms. The van der Waals surface area contributed by atoms with Gasteiger partial charge in [0.05, 0.1) is 13.7 Å². The van der Waals surface area contributed by atoms with E-state index in [0.717, 1.165) is 42.4 Å². The van der Waals surface area contributed by atoms with Crippen molar-refractivity contribution < 1.29 is 4.74 Å². The summed E-state index contributed by atoms with van der Waals surface area (Å²) in [7, 11) is 1.76. The number of methoxy groups -OCH3 is 1. The van der Waals surface area contributed by atoms with E-state index in [1.54, 1.807) is 7.11 Å². The molecule has 2 aromatic rings. The Morgan fingerprint density at radius 1 is 1.16 bits per heavy atom. The molecule has 3 fully saturated rings. The van der Waals surface area contributed by atoms with Gasteiger partial charge in [0.25, 0.3) is 0 Å². The van der Waals surface area contributed by atoms with Gasteiger partial charge in [0, 0.05) is 31.2 Å². The van der Waals surface area contributed by atoms with Crippen molar-refractivity contribution >= 4 is 0 Å². The quantitative estimate of drug-likeness (QED) is 0.708. The first-order chi connectivity index (χ1) is 15.1. The predicted octanol–water partition coefficient (Wildman–Crippen LogP) is 3.79. The number of rotatable bonds is 6. The van der Waals surface area contributed by atoms with E-state index in [1.165, 1.54) is 50.9 Å². The number of piperidine rings is 3. The van der Waals surface area contributed by atoms with Gasteiger partial charge < -0.3 is 9.30 Å². The number of aromatic nitrogens is 3. The molecule has 0 aliphatic carbocycles. The molecule has 6 nitrogen and oxygen atoms in total. The standard InChI is InChI=1S/C25H37N5O/c1-18(2)30-17-26-27-25(30)16-28-14-20-13-21(15-28)24(29-10-5-4-9-23(20)29)12-19-7-6-8-22(11-19)31-3/h6-8,11,17-18,20-21,23-24H,4-5,9-10,12-16H2,1-3H3/t20-,21+,23+,24+/m1/s1. The highest BCUT2D eigenvalue weighted by Crippen LogP contribution is 2.42. The van der Waals surface area contributed by atoms with Crippen LogP contribution < -0.4 is 4.74 Å². The molecule has 0 radical (unpaired) electrons. The Morgan fingerprint density at radius 2 is 2.03 bits per heavy atom. The molecule has 3 aliphatic heterocycles. The molecule has 3 saturated heterocycles. The summed E-state index contributed by atoms with van der Waals surface area (Å²) in [6.45, 7) is 8.98. The average Bonchev–Trinajstić information content (AvgIpc) is 3.25. The minimum absolute atomic E-state index is 0.406. The van der Waals surface area contributed by atoms with Crippen LogP contribution in [-0.2, 0) is 13.0 Å². The zero-order valence-electron chi connectivity index (χ0n) is 19.3. The second-order valence-electron chi connectivity index (χ2n) is 10.1. The summed E-state index contributed by atoms with van der Waals surface area (Å²) in [6.07, 6.45) is 8.49. The molecule has 4 heterocycles. The van der Waals surface area contributed by atoms with E-state index in [9.17, 15) is 0 Å². The third-order valence-electron chi connectivity index (χ3n) is 7.85. The molecule has 2 bridgehead atoms. The highest BCUT2D eigenvalue weighted by molar-refractivity contribution is 5.29. The minimum Gasteiger partial charge on any atom is -0.497 e. The van der Waals surface area contributed by atoms with E-state index in [0.29, 0.717) is 12.1 Å². The van der Waals surface area contributed by atoms with Crippen LogP contribution in [-0.4, -0.2) is 63.4 Å². The van der Waals surface area contributed by atoms with Gasteiger partial charge in [-0.25, -0.2) is 0 Å². The first-order valence-corrected chi connectivity index (χ1v) is 12.1. The van der Waals surface area contributed by atoms with E-state index in [2.05, 4.69) is 62.7 Å². The molecular formula is C25H37N5O. The van der Waals surface area contributed by atoms with E-state index in [1.807, 2.05) is 6.33 Å². The van der Waals surface area contributed by atoms with Crippen LogP contribution in [0.15, 0.2) is 30.6 Å². The number of hydrogen-bond acceptors (Lipinski definition) is 5. The van der Waals surface area contributed by atoms with E-state index >= 15 is 0 Å². The zero-order chi connectivity index (χ0) is 21.4. The summed E-state index contributed by atoms with van der Waals surface area (Å²) in [5, 5.41) is 8.66. The Kier molecular flexibility index (Phi) is 6.02. The van der Waals surface area contributed by atoms with E-state index in [4.69, 9.17) is 4.74 Å². The molecule has 1 aromatic heterocycles. The Morgan fingerprint density at radius 3 is 2.87 bits per heavy atom. The number of ether oxygens (including phenoxy) is 1. The van der Waals surface area contributed by atoms with Crippen molar-refractivity contribution in [3.8, 4) is 5.75 Å². The molecule has 0 spiro atoms. The van der Waals surface area contributed by atoms with Gasteiger partial charge >= 0.3 is 0 Å². The van der Waals surface area contributed by atoms with Gasteiger partial charge in [0.15, 0.2) is 0 Å². The maximum absolute atomic E-state index is 5.50. The summed E-state index contributed by atoms with van der Waals surface area (Å²) < 4.78 is 7.73. The fraction of sp³-hybridized carbons (Fsp3) is 0.680. The van der Waals surface area contributed by atoms with Gasteiger partial charge in [-0.15, -0.1) is 10.2 Å². The first kappa shape index (κ1) is 21.0. The fourth-order valence-corrected chi connectivity index (χ4v) is 6.47. The van der Waals surface area contributed by atoms with Crippen molar-refractivity contribution in [3.05, 3.63) is 42.0 Å². The lowest BCUT2D eigenvalue weighted by atomic mass is 9.71. The molecule has 168 valence electrons. The Balaban J connectivity index is 1.37. The molecule has 0 saturated carbocycles. The summed E-state index contributed by atoms with van der Waals surface area (Å²) in [4.78, 5) is 5.57. The molecule has 0 amide bonds. The van der Waals surface area contributed by atoms with Gasteiger partial charge in [0.1, 0.15) is 17.9 Å².